The van der Waals surface area contributed by atoms with Crippen molar-refractivity contribution in [1.82, 2.24) is 14.8 Å². The Hall–Kier alpha value is -1.19. The first-order chi connectivity index (χ1) is 12.1. The number of thiazole rings is 1. The van der Waals surface area contributed by atoms with Crippen molar-refractivity contribution in [2.45, 2.75) is 45.5 Å². The predicted octanol–water partition coefficient (Wildman–Crippen LogP) is 2.35. The molecule has 3 heterocycles. The van der Waals surface area contributed by atoms with Crippen molar-refractivity contribution in [2.75, 3.05) is 26.2 Å². The fourth-order valence-electron chi connectivity index (χ4n) is 3.84. The lowest BCUT2D eigenvalue weighted by molar-refractivity contribution is -0.186. The number of alkyl halides is 3. The Morgan fingerprint density at radius 1 is 1.27 bits per heavy atom. The average Bonchev–Trinajstić information content (AvgIpc) is 3.11. The normalized spacial score (nSPS) is 25.8. The highest BCUT2D eigenvalue weighted by Gasteiger charge is 2.53. The predicted molar refractivity (Wildman–Crippen MR) is 91.7 cm³/mol. The number of nitrogens with zero attached hydrogens (tertiary/aromatic N) is 3. The molecule has 1 amide bonds. The highest BCUT2D eigenvalue weighted by atomic mass is 32.1. The first kappa shape index (κ1) is 19.6. The van der Waals surface area contributed by atoms with Gasteiger partial charge in [0.25, 0.3) is 0 Å². The van der Waals surface area contributed by atoms with E-state index in [0.717, 1.165) is 15.6 Å². The van der Waals surface area contributed by atoms with Crippen LogP contribution in [-0.4, -0.2) is 64.3 Å². The molecule has 0 aliphatic carbocycles. The topological polar surface area (TPSA) is 56.7 Å². The number of aliphatic hydroxyl groups is 1. The highest BCUT2D eigenvalue weighted by molar-refractivity contribution is 7.11. The van der Waals surface area contributed by atoms with E-state index in [0.29, 0.717) is 32.5 Å². The fourth-order valence-corrected chi connectivity index (χ4v) is 4.82. The van der Waals surface area contributed by atoms with E-state index in [2.05, 4.69) is 4.98 Å². The summed E-state index contributed by atoms with van der Waals surface area (Å²) in [6.07, 6.45) is -4.01. The van der Waals surface area contributed by atoms with E-state index in [1.165, 1.54) is 16.2 Å². The van der Waals surface area contributed by atoms with Crippen molar-refractivity contribution in [3.8, 4) is 0 Å². The SMILES string of the molecule is Cc1nc(C)c(CN2C[C@H](C(=O)N3CCC(O)CC3)[C@@H](C(F)(F)F)C2)s1. The van der Waals surface area contributed by atoms with E-state index in [1.54, 1.807) is 4.90 Å². The number of halogens is 3. The van der Waals surface area contributed by atoms with Crippen LogP contribution in [0.4, 0.5) is 13.2 Å². The fraction of sp³-hybridized carbons (Fsp3) is 0.765. The summed E-state index contributed by atoms with van der Waals surface area (Å²) in [7, 11) is 0. The molecular formula is C17H24F3N3O2S. The van der Waals surface area contributed by atoms with E-state index in [4.69, 9.17) is 0 Å². The van der Waals surface area contributed by atoms with Crippen molar-refractivity contribution < 1.29 is 23.1 Å². The summed E-state index contributed by atoms with van der Waals surface area (Å²) in [5.41, 5.74) is 0.843. The maximum Gasteiger partial charge on any atom is 0.393 e. The molecule has 1 aromatic rings. The minimum Gasteiger partial charge on any atom is -0.393 e. The molecule has 0 saturated carbocycles. The van der Waals surface area contributed by atoms with E-state index >= 15 is 0 Å². The maximum atomic E-state index is 13.5. The van der Waals surface area contributed by atoms with Crippen LogP contribution in [0.3, 0.4) is 0 Å². The Bertz CT molecular complexity index is 656. The van der Waals surface area contributed by atoms with Crippen LogP contribution >= 0.6 is 11.3 Å². The van der Waals surface area contributed by atoms with Crippen LogP contribution in [0.2, 0.25) is 0 Å². The molecule has 0 unspecified atom stereocenters. The van der Waals surface area contributed by atoms with Crippen molar-refractivity contribution in [3.05, 3.63) is 15.6 Å². The standard InChI is InChI=1S/C17H24F3N3O2S/c1-10-15(26-11(2)21-10)9-22-7-13(14(8-22)17(18,19)20)16(25)23-5-3-12(24)4-6-23/h12-14,24H,3-9H2,1-2H3/t13-,14-/m0/s1. The second-order valence-electron chi connectivity index (χ2n) is 7.25. The summed E-state index contributed by atoms with van der Waals surface area (Å²) in [5.74, 6) is -3.14. The third-order valence-electron chi connectivity index (χ3n) is 5.28. The molecule has 2 saturated heterocycles. The van der Waals surface area contributed by atoms with Gasteiger partial charge in [-0.15, -0.1) is 11.3 Å². The minimum absolute atomic E-state index is 0.110. The molecule has 0 aromatic carbocycles. The van der Waals surface area contributed by atoms with Crippen LogP contribution in [0.1, 0.15) is 28.4 Å². The van der Waals surface area contributed by atoms with Gasteiger partial charge >= 0.3 is 6.18 Å². The molecule has 2 aliphatic rings. The van der Waals surface area contributed by atoms with Crippen LogP contribution in [-0.2, 0) is 11.3 Å². The zero-order valence-electron chi connectivity index (χ0n) is 14.9. The van der Waals surface area contributed by atoms with Crippen LogP contribution in [0, 0.1) is 25.7 Å². The summed E-state index contributed by atoms with van der Waals surface area (Å²) in [5, 5.41) is 10.5. The zero-order valence-corrected chi connectivity index (χ0v) is 15.7. The number of aliphatic hydroxyl groups excluding tert-OH is 1. The van der Waals surface area contributed by atoms with Crippen molar-refractivity contribution in [3.63, 3.8) is 0 Å². The first-order valence-electron chi connectivity index (χ1n) is 8.84. The quantitative estimate of drug-likeness (QED) is 0.860. The third kappa shape index (κ3) is 4.20. The molecule has 0 bridgehead atoms. The number of aromatic nitrogens is 1. The summed E-state index contributed by atoms with van der Waals surface area (Å²) in [4.78, 5) is 21.2. The molecule has 1 aromatic heterocycles. The molecule has 3 rings (SSSR count). The average molecular weight is 391 g/mol. The van der Waals surface area contributed by atoms with Gasteiger partial charge in [0.05, 0.1) is 28.6 Å². The van der Waals surface area contributed by atoms with Gasteiger partial charge in [-0.05, 0) is 26.7 Å². The number of carbonyl (C=O) groups excluding carboxylic acids is 1. The van der Waals surface area contributed by atoms with Crippen LogP contribution in [0.15, 0.2) is 0 Å². The molecule has 146 valence electrons. The summed E-state index contributed by atoms with van der Waals surface area (Å²) < 4.78 is 40.6. The van der Waals surface area contributed by atoms with Crippen molar-refractivity contribution >= 4 is 17.2 Å². The number of carbonyl (C=O) groups is 1. The van der Waals surface area contributed by atoms with Gasteiger partial charge in [-0.2, -0.15) is 13.2 Å². The number of amides is 1. The van der Waals surface area contributed by atoms with Gasteiger partial charge in [0.15, 0.2) is 0 Å². The Morgan fingerprint density at radius 2 is 1.92 bits per heavy atom. The van der Waals surface area contributed by atoms with Gasteiger partial charge in [0.1, 0.15) is 0 Å². The molecular weight excluding hydrogens is 367 g/mol. The zero-order chi connectivity index (χ0) is 19.1. The number of likely N-dealkylation sites (tertiary alicyclic amines) is 2. The molecule has 0 radical (unpaired) electrons. The number of aryl methyl sites for hydroxylation is 2. The van der Waals surface area contributed by atoms with Gasteiger partial charge < -0.3 is 10.0 Å². The summed E-state index contributed by atoms with van der Waals surface area (Å²) in [6, 6.07) is 0. The van der Waals surface area contributed by atoms with Crippen molar-refractivity contribution in [1.29, 1.82) is 0 Å². The first-order valence-corrected chi connectivity index (χ1v) is 9.65. The van der Waals surface area contributed by atoms with Gasteiger partial charge in [-0.1, -0.05) is 0 Å². The Morgan fingerprint density at radius 3 is 2.46 bits per heavy atom. The largest absolute Gasteiger partial charge is 0.393 e. The molecule has 2 fully saturated rings. The monoisotopic (exact) mass is 391 g/mol. The van der Waals surface area contributed by atoms with Crippen LogP contribution in [0.5, 0.6) is 0 Å². The number of hydrogen-bond acceptors (Lipinski definition) is 5. The lowest BCUT2D eigenvalue weighted by Gasteiger charge is -2.33. The molecule has 5 nitrogen and oxygen atoms in total. The van der Waals surface area contributed by atoms with Gasteiger partial charge in [-0.25, -0.2) is 4.98 Å². The van der Waals surface area contributed by atoms with Crippen LogP contribution < -0.4 is 0 Å². The molecule has 0 spiro atoms. The molecule has 9 heteroatoms. The maximum absolute atomic E-state index is 13.5. The third-order valence-corrected chi connectivity index (χ3v) is 6.33. The smallest absolute Gasteiger partial charge is 0.393 e. The summed E-state index contributed by atoms with van der Waals surface area (Å²) >= 11 is 1.49. The molecule has 2 aliphatic heterocycles. The van der Waals surface area contributed by atoms with E-state index in [9.17, 15) is 23.1 Å². The van der Waals surface area contributed by atoms with Crippen molar-refractivity contribution in [2.24, 2.45) is 11.8 Å². The van der Waals surface area contributed by atoms with E-state index < -0.39 is 30.0 Å². The van der Waals surface area contributed by atoms with E-state index in [-0.39, 0.29) is 13.1 Å². The van der Waals surface area contributed by atoms with Crippen LogP contribution in [0.25, 0.3) is 0 Å². The van der Waals surface area contributed by atoms with Gasteiger partial charge in [0, 0.05) is 37.6 Å². The lowest BCUT2D eigenvalue weighted by atomic mass is 9.93. The second-order valence-corrected chi connectivity index (χ2v) is 8.53. The van der Waals surface area contributed by atoms with Gasteiger partial charge in [0.2, 0.25) is 5.91 Å². The molecule has 2 atom stereocenters. The Balaban J connectivity index is 1.72. The number of piperidine rings is 1. The Kier molecular flexibility index (Phi) is 5.60. The minimum atomic E-state index is -4.40. The number of rotatable bonds is 3. The Labute approximate surface area is 154 Å². The molecule has 26 heavy (non-hydrogen) atoms. The lowest BCUT2D eigenvalue weighted by Crippen LogP contribution is -2.46. The molecule has 1 N–H and O–H groups in total. The second kappa shape index (κ2) is 7.44. The highest BCUT2D eigenvalue weighted by Crippen LogP contribution is 2.39. The van der Waals surface area contributed by atoms with Gasteiger partial charge in [-0.3, -0.25) is 9.69 Å². The summed E-state index contributed by atoms with van der Waals surface area (Å²) in [6.45, 7) is 4.73. The van der Waals surface area contributed by atoms with E-state index in [1.807, 2.05) is 13.8 Å². The number of hydrogen-bond donors (Lipinski definition) is 1.